The van der Waals surface area contributed by atoms with Crippen LogP contribution in [0.25, 0.3) is 0 Å². The van der Waals surface area contributed by atoms with Crippen LogP contribution in [0.1, 0.15) is 28.4 Å². The van der Waals surface area contributed by atoms with Gasteiger partial charge in [-0.15, -0.1) is 0 Å². The molecule has 22 heavy (non-hydrogen) atoms. The summed E-state index contributed by atoms with van der Waals surface area (Å²) in [5.41, 5.74) is 7.11. The number of hydrazine groups is 1. The Morgan fingerprint density at radius 3 is 2.64 bits per heavy atom. The van der Waals surface area contributed by atoms with Crippen LogP contribution in [-0.2, 0) is 0 Å². The Bertz CT molecular complexity index is 660. The summed E-state index contributed by atoms with van der Waals surface area (Å²) in [5, 5.41) is 2.84. The standard InChI is InChI=1S/C16H15ClFN3O/c17-11-7-4-8-12(18)15(11)16(22)19-14-9-13(20-21-14)10-5-2-1-3-6-10/h1-8,13-14,20-21H,9H2,(H,19,22). The summed E-state index contributed by atoms with van der Waals surface area (Å²) in [5.74, 6) is -1.16. The monoisotopic (exact) mass is 319 g/mol. The summed E-state index contributed by atoms with van der Waals surface area (Å²) in [6, 6.07) is 14.2. The molecular formula is C16H15ClFN3O. The summed E-state index contributed by atoms with van der Waals surface area (Å²) in [6.45, 7) is 0. The third-order valence-corrected chi connectivity index (χ3v) is 3.92. The van der Waals surface area contributed by atoms with Gasteiger partial charge in [-0.25, -0.2) is 15.2 Å². The van der Waals surface area contributed by atoms with Crippen LogP contribution < -0.4 is 16.2 Å². The lowest BCUT2D eigenvalue weighted by atomic mass is 10.0. The molecule has 0 radical (unpaired) electrons. The number of rotatable bonds is 3. The fourth-order valence-electron chi connectivity index (χ4n) is 2.50. The summed E-state index contributed by atoms with van der Waals surface area (Å²) in [7, 11) is 0. The number of amides is 1. The van der Waals surface area contributed by atoms with Crippen LogP contribution in [-0.4, -0.2) is 12.1 Å². The van der Waals surface area contributed by atoms with Gasteiger partial charge >= 0.3 is 0 Å². The van der Waals surface area contributed by atoms with Crippen LogP contribution >= 0.6 is 11.6 Å². The van der Waals surface area contributed by atoms with Crippen molar-refractivity contribution in [2.45, 2.75) is 18.6 Å². The van der Waals surface area contributed by atoms with E-state index >= 15 is 0 Å². The van der Waals surface area contributed by atoms with Gasteiger partial charge < -0.3 is 5.32 Å². The second kappa shape index (κ2) is 6.44. The molecule has 0 saturated carbocycles. The Hall–Kier alpha value is -1.95. The van der Waals surface area contributed by atoms with Gasteiger partial charge in [0.1, 0.15) is 5.82 Å². The van der Waals surface area contributed by atoms with E-state index in [0.717, 1.165) is 5.56 Å². The average Bonchev–Trinajstić information content (AvgIpc) is 2.96. The van der Waals surface area contributed by atoms with E-state index in [1.54, 1.807) is 0 Å². The van der Waals surface area contributed by atoms with Crippen LogP contribution in [0.4, 0.5) is 4.39 Å². The van der Waals surface area contributed by atoms with Crippen molar-refractivity contribution in [3.05, 3.63) is 70.5 Å². The topological polar surface area (TPSA) is 53.2 Å². The quantitative estimate of drug-likeness (QED) is 0.815. The number of carbonyl (C=O) groups excluding carboxylic acids is 1. The predicted octanol–water partition coefficient (Wildman–Crippen LogP) is 2.77. The molecule has 0 spiro atoms. The molecule has 2 aromatic carbocycles. The van der Waals surface area contributed by atoms with Crippen molar-refractivity contribution in [3.8, 4) is 0 Å². The van der Waals surface area contributed by atoms with Crippen molar-refractivity contribution < 1.29 is 9.18 Å². The minimum absolute atomic E-state index is 0.0857. The van der Waals surface area contributed by atoms with Crippen molar-refractivity contribution >= 4 is 17.5 Å². The Labute approximate surface area is 132 Å². The maximum Gasteiger partial charge on any atom is 0.257 e. The van der Waals surface area contributed by atoms with Crippen LogP contribution in [0.2, 0.25) is 5.02 Å². The van der Waals surface area contributed by atoms with Gasteiger partial charge in [0, 0.05) is 12.5 Å². The first-order valence-electron chi connectivity index (χ1n) is 6.96. The van der Waals surface area contributed by atoms with Gasteiger partial charge in [0.25, 0.3) is 5.91 Å². The SMILES string of the molecule is O=C(NC1CC(c2ccccc2)NN1)c1c(F)cccc1Cl. The summed E-state index contributed by atoms with van der Waals surface area (Å²) in [6.07, 6.45) is 0.357. The summed E-state index contributed by atoms with van der Waals surface area (Å²) >= 11 is 5.90. The molecule has 1 heterocycles. The van der Waals surface area contributed by atoms with E-state index in [2.05, 4.69) is 16.2 Å². The number of hydrogen-bond acceptors (Lipinski definition) is 3. The van der Waals surface area contributed by atoms with Crippen molar-refractivity contribution in [1.82, 2.24) is 16.2 Å². The Morgan fingerprint density at radius 1 is 1.14 bits per heavy atom. The fourth-order valence-corrected chi connectivity index (χ4v) is 2.75. The van der Waals surface area contributed by atoms with Gasteiger partial charge in [0.05, 0.1) is 16.8 Å². The third kappa shape index (κ3) is 3.11. The van der Waals surface area contributed by atoms with E-state index in [9.17, 15) is 9.18 Å². The third-order valence-electron chi connectivity index (χ3n) is 3.60. The number of nitrogens with one attached hydrogen (secondary N) is 3. The number of hydrogen-bond donors (Lipinski definition) is 3. The largest absolute Gasteiger partial charge is 0.335 e. The second-order valence-corrected chi connectivity index (χ2v) is 5.52. The molecule has 1 aliphatic heterocycles. The molecular weight excluding hydrogens is 305 g/mol. The fraction of sp³-hybridized carbons (Fsp3) is 0.188. The molecule has 114 valence electrons. The van der Waals surface area contributed by atoms with Gasteiger partial charge in [-0.3, -0.25) is 4.79 Å². The van der Waals surface area contributed by atoms with Crippen LogP contribution in [0.3, 0.4) is 0 Å². The number of carbonyl (C=O) groups is 1. The first kappa shape index (κ1) is 15.0. The smallest absolute Gasteiger partial charge is 0.257 e. The highest BCUT2D eigenvalue weighted by Gasteiger charge is 2.27. The van der Waals surface area contributed by atoms with Gasteiger partial charge in [0.15, 0.2) is 0 Å². The molecule has 3 N–H and O–H groups in total. The van der Waals surface area contributed by atoms with Crippen molar-refractivity contribution in [2.24, 2.45) is 0 Å². The zero-order chi connectivity index (χ0) is 15.5. The molecule has 2 unspecified atom stereocenters. The lowest BCUT2D eigenvalue weighted by Gasteiger charge is -2.13. The number of halogens is 2. The van der Waals surface area contributed by atoms with Crippen LogP contribution in [0.15, 0.2) is 48.5 Å². The zero-order valence-electron chi connectivity index (χ0n) is 11.6. The van der Waals surface area contributed by atoms with E-state index in [1.165, 1.54) is 18.2 Å². The van der Waals surface area contributed by atoms with Crippen LogP contribution in [0.5, 0.6) is 0 Å². The molecule has 1 saturated heterocycles. The first-order valence-corrected chi connectivity index (χ1v) is 7.34. The summed E-state index contributed by atoms with van der Waals surface area (Å²) < 4.78 is 13.7. The maximum atomic E-state index is 13.7. The molecule has 1 amide bonds. The Morgan fingerprint density at radius 2 is 1.91 bits per heavy atom. The van der Waals surface area contributed by atoms with Crippen molar-refractivity contribution in [2.75, 3.05) is 0 Å². The molecule has 1 fully saturated rings. The molecule has 2 aromatic rings. The van der Waals surface area contributed by atoms with Gasteiger partial charge in [-0.1, -0.05) is 48.0 Å². The van der Waals surface area contributed by atoms with E-state index in [1.807, 2.05) is 30.3 Å². The average molecular weight is 320 g/mol. The minimum atomic E-state index is -0.629. The minimum Gasteiger partial charge on any atom is -0.335 e. The molecule has 6 heteroatoms. The summed E-state index contributed by atoms with van der Waals surface area (Å²) in [4.78, 5) is 12.2. The van der Waals surface area contributed by atoms with Crippen LogP contribution in [0, 0.1) is 5.82 Å². The van der Waals surface area contributed by atoms with E-state index in [0.29, 0.717) is 6.42 Å². The molecule has 3 rings (SSSR count). The Balaban J connectivity index is 1.66. The second-order valence-electron chi connectivity index (χ2n) is 5.11. The molecule has 2 atom stereocenters. The lowest BCUT2D eigenvalue weighted by Crippen LogP contribution is -2.44. The van der Waals surface area contributed by atoms with Gasteiger partial charge in [0.2, 0.25) is 0 Å². The zero-order valence-corrected chi connectivity index (χ0v) is 12.4. The molecule has 0 aliphatic carbocycles. The van der Waals surface area contributed by atoms with E-state index in [4.69, 9.17) is 11.6 Å². The Kier molecular flexibility index (Phi) is 4.38. The lowest BCUT2D eigenvalue weighted by molar-refractivity contribution is 0.0928. The maximum absolute atomic E-state index is 13.7. The highest BCUT2D eigenvalue weighted by Crippen LogP contribution is 2.22. The van der Waals surface area contributed by atoms with E-state index < -0.39 is 11.7 Å². The molecule has 4 nitrogen and oxygen atoms in total. The highest BCUT2D eigenvalue weighted by molar-refractivity contribution is 6.33. The van der Waals surface area contributed by atoms with E-state index in [-0.39, 0.29) is 22.8 Å². The molecule has 1 aliphatic rings. The van der Waals surface area contributed by atoms with Gasteiger partial charge in [-0.2, -0.15) is 0 Å². The van der Waals surface area contributed by atoms with Crippen molar-refractivity contribution in [3.63, 3.8) is 0 Å². The predicted molar refractivity (Wildman–Crippen MR) is 82.7 cm³/mol. The highest BCUT2D eigenvalue weighted by atomic mass is 35.5. The number of benzene rings is 2. The first-order chi connectivity index (χ1) is 10.6. The normalized spacial score (nSPS) is 20.8. The van der Waals surface area contributed by atoms with Crippen molar-refractivity contribution in [1.29, 1.82) is 0 Å². The van der Waals surface area contributed by atoms with Gasteiger partial charge in [-0.05, 0) is 17.7 Å². The molecule has 0 bridgehead atoms. The molecule has 0 aromatic heterocycles.